The Balaban J connectivity index is 2.04. The minimum atomic E-state index is -0.459. The molecular formula is C22H34N2O3. The summed E-state index contributed by atoms with van der Waals surface area (Å²) in [6.07, 6.45) is 1.05. The summed E-state index contributed by atoms with van der Waals surface area (Å²) in [5, 5.41) is 3.03. The van der Waals surface area contributed by atoms with Crippen LogP contribution < -0.4 is 5.32 Å². The molecule has 1 aromatic carbocycles. The van der Waals surface area contributed by atoms with E-state index >= 15 is 0 Å². The number of nitrogens with zero attached hydrogens (tertiary/aromatic N) is 1. The number of hydrogen-bond acceptors (Lipinski definition) is 3. The summed E-state index contributed by atoms with van der Waals surface area (Å²) in [6, 6.07) is 9.68. The molecule has 5 nitrogen and oxygen atoms in total. The molecule has 150 valence electrons. The van der Waals surface area contributed by atoms with E-state index in [9.17, 15) is 9.59 Å². The van der Waals surface area contributed by atoms with E-state index in [1.165, 1.54) is 5.56 Å². The number of carbonyl (C=O) groups is 2. The van der Waals surface area contributed by atoms with Gasteiger partial charge in [0.2, 0.25) is 11.8 Å². The van der Waals surface area contributed by atoms with Gasteiger partial charge in [-0.05, 0) is 29.7 Å². The Morgan fingerprint density at radius 2 is 1.70 bits per heavy atom. The number of ether oxygens (including phenoxy) is 1. The highest BCUT2D eigenvalue weighted by Crippen LogP contribution is 2.27. The molecule has 1 unspecified atom stereocenters. The summed E-state index contributed by atoms with van der Waals surface area (Å²) in [5.41, 5.74) is 1.17. The maximum atomic E-state index is 12.9. The van der Waals surface area contributed by atoms with Crippen LogP contribution >= 0.6 is 0 Å². The van der Waals surface area contributed by atoms with Crippen molar-refractivity contribution in [1.29, 1.82) is 0 Å². The number of benzene rings is 1. The molecule has 0 radical (unpaired) electrons. The Kier molecular flexibility index (Phi) is 8.29. The molecule has 0 aliphatic carbocycles. The number of hydrogen-bond donors (Lipinski definition) is 1. The Labute approximate surface area is 163 Å². The van der Waals surface area contributed by atoms with E-state index in [0.29, 0.717) is 51.0 Å². The van der Waals surface area contributed by atoms with Crippen LogP contribution in [0.25, 0.3) is 0 Å². The Hall–Kier alpha value is -1.88. The van der Waals surface area contributed by atoms with Crippen LogP contribution in [0.1, 0.15) is 52.0 Å². The van der Waals surface area contributed by atoms with Gasteiger partial charge in [-0.3, -0.25) is 9.59 Å². The second-order valence-electron chi connectivity index (χ2n) is 8.15. The zero-order valence-corrected chi connectivity index (χ0v) is 17.1. The molecule has 27 heavy (non-hydrogen) atoms. The second kappa shape index (κ2) is 10.5. The number of amides is 2. The Morgan fingerprint density at radius 3 is 2.26 bits per heavy atom. The Morgan fingerprint density at radius 1 is 1.07 bits per heavy atom. The molecule has 0 aromatic heterocycles. The average molecular weight is 375 g/mol. The first-order valence-corrected chi connectivity index (χ1v) is 10.1. The number of nitrogens with one attached hydrogen (secondary N) is 1. The van der Waals surface area contributed by atoms with E-state index in [4.69, 9.17) is 4.74 Å². The van der Waals surface area contributed by atoms with Gasteiger partial charge in [-0.2, -0.15) is 0 Å². The third-order valence-corrected chi connectivity index (χ3v) is 5.10. The molecule has 0 saturated carbocycles. The summed E-state index contributed by atoms with van der Waals surface area (Å²) in [5.74, 6) is 0.780. The predicted molar refractivity (Wildman–Crippen MR) is 107 cm³/mol. The zero-order chi connectivity index (χ0) is 19.8. The van der Waals surface area contributed by atoms with Crippen molar-refractivity contribution in [2.24, 2.45) is 11.8 Å². The topological polar surface area (TPSA) is 58.6 Å². The third-order valence-electron chi connectivity index (χ3n) is 5.10. The van der Waals surface area contributed by atoms with E-state index in [-0.39, 0.29) is 17.7 Å². The van der Waals surface area contributed by atoms with Gasteiger partial charge in [0.15, 0.2) is 0 Å². The fourth-order valence-electron chi connectivity index (χ4n) is 3.59. The molecule has 0 spiro atoms. The van der Waals surface area contributed by atoms with Crippen LogP contribution in [-0.4, -0.2) is 49.1 Å². The van der Waals surface area contributed by atoms with Crippen molar-refractivity contribution in [1.82, 2.24) is 10.2 Å². The van der Waals surface area contributed by atoms with Crippen LogP contribution in [0.15, 0.2) is 30.3 Å². The first-order chi connectivity index (χ1) is 12.9. The molecular weight excluding hydrogens is 340 g/mol. The van der Waals surface area contributed by atoms with Crippen LogP contribution in [0.4, 0.5) is 0 Å². The van der Waals surface area contributed by atoms with Crippen molar-refractivity contribution in [3.05, 3.63) is 35.9 Å². The molecule has 1 N–H and O–H groups in total. The lowest BCUT2D eigenvalue weighted by Crippen LogP contribution is -2.52. The zero-order valence-electron chi connectivity index (χ0n) is 17.1. The molecule has 1 aliphatic rings. The van der Waals surface area contributed by atoms with Gasteiger partial charge in [0.25, 0.3) is 0 Å². The maximum Gasteiger partial charge on any atom is 0.245 e. The predicted octanol–water partition coefficient (Wildman–Crippen LogP) is 3.21. The highest BCUT2D eigenvalue weighted by molar-refractivity contribution is 5.88. The van der Waals surface area contributed by atoms with Crippen LogP contribution in [-0.2, 0) is 14.3 Å². The van der Waals surface area contributed by atoms with Gasteiger partial charge in [0.1, 0.15) is 6.04 Å². The van der Waals surface area contributed by atoms with Crippen molar-refractivity contribution < 1.29 is 14.3 Å². The summed E-state index contributed by atoms with van der Waals surface area (Å²) < 4.78 is 5.34. The van der Waals surface area contributed by atoms with E-state index in [1.807, 2.05) is 23.1 Å². The normalized spacial score (nSPS) is 17.0. The number of morpholine rings is 1. The highest BCUT2D eigenvalue weighted by Gasteiger charge is 2.29. The van der Waals surface area contributed by atoms with Crippen LogP contribution in [0.2, 0.25) is 0 Å². The molecule has 1 aromatic rings. The van der Waals surface area contributed by atoms with E-state index in [1.54, 1.807) is 0 Å². The molecule has 5 heteroatoms. The van der Waals surface area contributed by atoms with Crippen LogP contribution in [0, 0.1) is 11.8 Å². The third kappa shape index (κ3) is 6.65. The van der Waals surface area contributed by atoms with Crippen molar-refractivity contribution in [2.45, 2.75) is 52.5 Å². The molecule has 0 bridgehead atoms. The molecule has 1 fully saturated rings. The highest BCUT2D eigenvalue weighted by atomic mass is 16.5. The smallest absolute Gasteiger partial charge is 0.245 e. The molecule has 2 rings (SSSR count). The van der Waals surface area contributed by atoms with Gasteiger partial charge in [-0.25, -0.2) is 0 Å². The quantitative estimate of drug-likeness (QED) is 0.760. The second-order valence-corrected chi connectivity index (χ2v) is 8.15. The van der Waals surface area contributed by atoms with Crippen molar-refractivity contribution in [2.75, 3.05) is 26.3 Å². The van der Waals surface area contributed by atoms with Crippen molar-refractivity contribution in [3.63, 3.8) is 0 Å². The van der Waals surface area contributed by atoms with Crippen LogP contribution in [0.3, 0.4) is 0 Å². The van der Waals surface area contributed by atoms with E-state index in [0.717, 1.165) is 0 Å². The largest absolute Gasteiger partial charge is 0.378 e. The molecule has 1 aliphatic heterocycles. The van der Waals surface area contributed by atoms with Gasteiger partial charge >= 0.3 is 0 Å². The average Bonchev–Trinajstić information content (AvgIpc) is 2.66. The van der Waals surface area contributed by atoms with Gasteiger partial charge in [-0.1, -0.05) is 58.0 Å². The molecule has 2 amide bonds. The van der Waals surface area contributed by atoms with Crippen molar-refractivity contribution in [3.8, 4) is 0 Å². The van der Waals surface area contributed by atoms with E-state index < -0.39 is 6.04 Å². The monoisotopic (exact) mass is 374 g/mol. The lowest BCUT2D eigenvalue weighted by molar-refractivity contribution is -0.140. The summed E-state index contributed by atoms with van der Waals surface area (Å²) >= 11 is 0. The molecule has 1 heterocycles. The maximum absolute atomic E-state index is 12.9. The molecule has 2 atom stereocenters. The minimum Gasteiger partial charge on any atom is -0.378 e. The summed E-state index contributed by atoms with van der Waals surface area (Å²) in [6.45, 7) is 10.8. The first-order valence-electron chi connectivity index (χ1n) is 10.1. The fraction of sp³-hybridized carbons (Fsp3) is 0.636. The van der Waals surface area contributed by atoms with Crippen molar-refractivity contribution >= 4 is 11.8 Å². The standard InChI is InChI=1S/C22H34N2O3/c1-16(2)14-20(22(26)24-10-12-27-13-11-24)23-21(25)15-19(17(3)4)18-8-6-5-7-9-18/h5-9,16-17,19-20H,10-15H2,1-4H3,(H,23,25)/t19?,20-/m0/s1. The van der Waals surface area contributed by atoms with Gasteiger partial charge in [-0.15, -0.1) is 0 Å². The number of rotatable bonds is 8. The first kappa shape index (κ1) is 21.4. The SMILES string of the molecule is CC(C)C[C@H](NC(=O)CC(c1ccccc1)C(C)C)C(=O)N1CCOCC1. The summed E-state index contributed by atoms with van der Waals surface area (Å²) in [4.78, 5) is 27.5. The lowest BCUT2D eigenvalue weighted by Gasteiger charge is -2.31. The van der Waals surface area contributed by atoms with Gasteiger partial charge in [0, 0.05) is 19.5 Å². The molecule has 1 saturated heterocycles. The minimum absolute atomic E-state index is 0.0150. The van der Waals surface area contributed by atoms with Gasteiger partial charge in [0.05, 0.1) is 13.2 Å². The fourth-order valence-corrected chi connectivity index (χ4v) is 3.59. The Bertz CT molecular complexity index is 595. The van der Waals surface area contributed by atoms with Gasteiger partial charge < -0.3 is 15.0 Å². The lowest BCUT2D eigenvalue weighted by atomic mass is 9.85. The number of carbonyl (C=O) groups excluding carboxylic acids is 2. The van der Waals surface area contributed by atoms with E-state index in [2.05, 4.69) is 45.1 Å². The van der Waals surface area contributed by atoms with Crippen LogP contribution in [0.5, 0.6) is 0 Å². The summed E-state index contributed by atoms with van der Waals surface area (Å²) in [7, 11) is 0.